The highest BCUT2D eigenvalue weighted by Gasteiger charge is 2.59. The van der Waals surface area contributed by atoms with Crippen LogP contribution < -0.4 is 5.73 Å². The van der Waals surface area contributed by atoms with Crippen LogP contribution in [0.25, 0.3) is 0 Å². The molecule has 0 radical (unpaired) electrons. The molecule has 1 aromatic rings. The van der Waals surface area contributed by atoms with Gasteiger partial charge in [0.15, 0.2) is 0 Å². The SMILES string of the molecule is CC(=O)[C@H]1CC[C@H]2[C@@H]3CCC4=C[C@@H](OC(=O)[C@@H](N)Cc5ccccc5)CC[C@]4(C)[C@H]3CC[C@]12C. The lowest BCUT2D eigenvalue weighted by Crippen LogP contribution is -2.51. The van der Waals surface area contributed by atoms with Gasteiger partial charge in [-0.15, -0.1) is 0 Å². The number of fused-ring (bicyclic) bond motifs is 5. The van der Waals surface area contributed by atoms with Gasteiger partial charge in [-0.05, 0) is 105 Å². The second kappa shape index (κ2) is 8.93. The predicted octanol–water partition coefficient (Wildman–Crippen LogP) is 5.64. The number of hydrogen-bond acceptors (Lipinski definition) is 4. The summed E-state index contributed by atoms with van der Waals surface area (Å²) in [6.07, 6.45) is 11.6. The Balaban J connectivity index is 1.26. The first kappa shape index (κ1) is 23.8. The summed E-state index contributed by atoms with van der Waals surface area (Å²) in [5.41, 5.74) is 9.15. The highest BCUT2D eigenvalue weighted by atomic mass is 16.5. The molecule has 0 aliphatic heterocycles. The molecular formula is C30H41NO3. The van der Waals surface area contributed by atoms with E-state index in [0.717, 1.165) is 37.2 Å². The van der Waals surface area contributed by atoms with Crippen LogP contribution in [0, 0.1) is 34.5 Å². The van der Waals surface area contributed by atoms with Crippen LogP contribution in [0.15, 0.2) is 42.0 Å². The maximum Gasteiger partial charge on any atom is 0.323 e. The van der Waals surface area contributed by atoms with E-state index in [0.29, 0.717) is 24.0 Å². The highest BCUT2D eigenvalue weighted by molar-refractivity contribution is 5.79. The second-order valence-electron chi connectivity index (χ2n) is 12.1. The molecule has 0 amide bonds. The van der Waals surface area contributed by atoms with E-state index < -0.39 is 6.04 Å². The number of carbonyl (C=O) groups is 2. The quantitative estimate of drug-likeness (QED) is 0.453. The summed E-state index contributed by atoms with van der Waals surface area (Å²) >= 11 is 0. The largest absolute Gasteiger partial charge is 0.457 e. The van der Waals surface area contributed by atoms with Crippen molar-refractivity contribution in [3.05, 3.63) is 47.5 Å². The van der Waals surface area contributed by atoms with Gasteiger partial charge in [-0.3, -0.25) is 9.59 Å². The molecule has 8 atom stereocenters. The summed E-state index contributed by atoms with van der Waals surface area (Å²) in [4.78, 5) is 25.1. The van der Waals surface area contributed by atoms with Gasteiger partial charge in [-0.1, -0.05) is 49.8 Å². The molecule has 5 rings (SSSR count). The van der Waals surface area contributed by atoms with Crippen molar-refractivity contribution in [2.75, 3.05) is 0 Å². The molecule has 4 heteroatoms. The van der Waals surface area contributed by atoms with Crippen molar-refractivity contribution >= 4 is 11.8 Å². The molecule has 4 nitrogen and oxygen atoms in total. The molecule has 3 fully saturated rings. The molecule has 2 N–H and O–H groups in total. The molecule has 1 aromatic carbocycles. The standard InChI is InChI=1S/C30H41NO3/c1-19(32)24-11-12-25-23-10-9-21-18-22(13-15-29(21,2)26(23)14-16-30(24,25)3)34-28(33)27(31)17-20-7-5-4-6-8-20/h4-8,18,22-27H,9-17,31H2,1-3H3/t22-,23-,24+,25-,26-,27-,29-,30+/m0/s1. The monoisotopic (exact) mass is 463 g/mol. The van der Waals surface area contributed by atoms with Crippen molar-refractivity contribution < 1.29 is 14.3 Å². The first-order chi connectivity index (χ1) is 16.2. The summed E-state index contributed by atoms with van der Waals surface area (Å²) in [6.45, 7) is 6.69. The Kier molecular flexibility index (Phi) is 6.25. The van der Waals surface area contributed by atoms with Crippen molar-refractivity contribution in [3.63, 3.8) is 0 Å². The average Bonchev–Trinajstić information content (AvgIpc) is 3.17. The number of benzene rings is 1. The summed E-state index contributed by atoms with van der Waals surface area (Å²) in [5.74, 6) is 2.47. The molecule has 34 heavy (non-hydrogen) atoms. The van der Waals surface area contributed by atoms with Gasteiger partial charge in [-0.2, -0.15) is 0 Å². The number of esters is 1. The minimum absolute atomic E-state index is 0.156. The Morgan fingerprint density at radius 2 is 1.79 bits per heavy atom. The number of ether oxygens (including phenoxy) is 1. The third-order valence-corrected chi connectivity index (χ3v) is 10.4. The molecule has 4 aliphatic rings. The third kappa shape index (κ3) is 3.96. The van der Waals surface area contributed by atoms with Crippen LogP contribution in [-0.2, 0) is 20.7 Å². The zero-order valence-electron chi connectivity index (χ0n) is 21.1. The number of hydrogen-bond donors (Lipinski definition) is 1. The molecular weight excluding hydrogens is 422 g/mol. The van der Waals surface area contributed by atoms with E-state index in [1.165, 1.54) is 31.3 Å². The summed E-state index contributed by atoms with van der Waals surface area (Å²) in [6, 6.07) is 9.27. The van der Waals surface area contributed by atoms with Crippen LogP contribution in [0.4, 0.5) is 0 Å². The zero-order valence-corrected chi connectivity index (χ0v) is 21.1. The van der Waals surface area contributed by atoms with Crippen LogP contribution in [0.5, 0.6) is 0 Å². The van der Waals surface area contributed by atoms with Gasteiger partial charge in [0, 0.05) is 5.92 Å². The van der Waals surface area contributed by atoms with Gasteiger partial charge in [0.2, 0.25) is 0 Å². The third-order valence-electron chi connectivity index (χ3n) is 10.4. The maximum absolute atomic E-state index is 12.7. The van der Waals surface area contributed by atoms with Crippen molar-refractivity contribution in [2.24, 2.45) is 40.2 Å². The lowest BCUT2D eigenvalue weighted by molar-refractivity contribution is -0.150. The van der Waals surface area contributed by atoms with E-state index in [-0.39, 0.29) is 28.8 Å². The molecule has 0 heterocycles. The zero-order chi connectivity index (χ0) is 24.1. The van der Waals surface area contributed by atoms with Gasteiger partial charge in [0.25, 0.3) is 0 Å². The van der Waals surface area contributed by atoms with E-state index in [2.05, 4.69) is 19.9 Å². The van der Waals surface area contributed by atoms with Gasteiger partial charge >= 0.3 is 5.97 Å². The first-order valence-corrected chi connectivity index (χ1v) is 13.4. The minimum Gasteiger partial charge on any atom is -0.457 e. The Morgan fingerprint density at radius 1 is 1.03 bits per heavy atom. The fraction of sp³-hybridized carbons (Fsp3) is 0.667. The second-order valence-corrected chi connectivity index (χ2v) is 12.1. The Morgan fingerprint density at radius 3 is 2.53 bits per heavy atom. The summed E-state index contributed by atoms with van der Waals surface area (Å²) in [5, 5.41) is 0. The normalized spacial score (nSPS) is 39.8. The first-order valence-electron chi connectivity index (χ1n) is 13.4. The minimum atomic E-state index is -0.627. The van der Waals surface area contributed by atoms with Crippen molar-refractivity contribution in [1.29, 1.82) is 0 Å². The van der Waals surface area contributed by atoms with Gasteiger partial charge in [0.05, 0.1) is 0 Å². The topological polar surface area (TPSA) is 69.4 Å². The molecule has 184 valence electrons. The Hall–Kier alpha value is -1.94. The van der Waals surface area contributed by atoms with E-state index >= 15 is 0 Å². The van der Waals surface area contributed by atoms with Crippen LogP contribution in [-0.4, -0.2) is 23.9 Å². The number of carbonyl (C=O) groups excluding carboxylic acids is 2. The van der Waals surface area contributed by atoms with Crippen LogP contribution in [0.2, 0.25) is 0 Å². The van der Waals surface area contributed by atoms with Crippen LogP contribution in [0.3, 0.4) is 0 Å². The van der Waals surface area contributed by atoms with Gasteiger partial charge in [-0.25, -0.2) is 0 Å². The fourth-order valence-corrected chi connectivity index (χ4v) is 8.65. The number of nitrogens with two attached hydrogens (primary N) is 1. The number of Topliss-reactive ketones (excluding diaryl/α,β-unsaturated/α-hetero) is 1. The van der Waals surface area contributed by atoms with Crippen molar-refractivity contribution in [2.45, 2.75) is 90.7 Å². The van der Waals surface area contributed by atoms with E-state index in [1.54, 1.807) is 0 Å². The summed E-state index contributed by atoms with van der Waals surface area (Å²) < 4.78 is 5.90. The van der Waals surface area contributed by atoms with Crippen molar-refractivity contribution in [1.82, 2.24) is 0 Å². The molecule has 0 spiro atoms. The molecule has 0 bridgehead atoms. The van der Waals surface area contributed by atoms with E-state index in [1.807, 2.05) is 37.3 Å². The summed E-state index contributed by atoms with van der Waals surface area (Å²) in [7, 11) is 0. The number of rotatable bonds is 5. The molecule has 0 aromatic heterocycles. The lowest BCUT2D eigenvalue weighted by Gasteiger charge is -2.58. The van der Waals surface area contributed by atoms with Crippen LogP contribution >= 0.6 is 0 Å². The number of allylic oxidation sites excluding steroid dienone is 1. The predicted molar refractivity (Wildman–Crippen MR) is 134 cm³/mol. The molecule has 0 unspecified atom stereocenters. The van der Waals surface area contributed by atoms with E-state index in [4.69, 9.17) is 10.5 Å². The van der Waals surface area contributed by atoms with E-state index in [9.17, 15) is 9.59 Å². The smallest absolute Gasteiger partial charge is 0.323 e. The fourth-order valence-electron chi connectivity index (χ4n) is 8.65. The molecule has 3 saturated carbocycles. The molecule has 4 aliphatic carbocycles. The van der Waals surface area contributed by atoms with Crippen LogP contribution in [0.1, 0.15) is 77.7 Å². The van der Waals surface area contributed by atoms with Gasteiger partial charge in [0.1, 0.15) is 17.9 Å². The average molecular weight is 464 g/mol. The Labute approximate surface area is 204 Å². The molecule has 0 saturated heterocycles. The van der Waals surface area contributed by atoms with Gasteiger partial charge < -0.3 is 10.5 Å². The number of ketones is 1. The Bertz CT molecular complexity index is 971. The van der Waals surface area contributed by atoms with Crippen molar-refractivity contribution in [3.8, 4) is 0 Å². The maximum atomic E-state index is 12.7. The highest BCUT2D eigenvalue weighted by Crippen LogP contribution is 2.66. The lowest BCUT2D eigenvalue weighted by atomic mass is 9.46.